The summed E-state index contributed by atoms with van der Waals surface area (Å²) in [7, 11) is -0.910. The summed E-state index contributed by atoms with van der Waals surface area (Å²) in [4.78, 5) is 14.4. The smallest absolute Gasteiger partial charge is 0.248 e. The summed E-state index contributed by atoms with van der Waals surface area (Å²) in [5.41, 5.74) is 0.740. The fraction of sp³-hybridized carbons (Fsp3) is 0.400. The summed E-state index contributed by atoms with van der Waals surface area (Å²) < 4.78 is 38.5. The number of aromatic amines is 1. The van der Waals surface area contributed by atoms with Gasteiger partial charge in [-0.1, -0.05) is 0 Å². The Morgan fingerprint density at radius 3 is 2.48 bits per heavy atom. The van der Waals surface area contributed by atoms with Crippen molar-refractivity contribution < 1.29 is 17.9 Å². The maximum atomic E-state index is 12.6. The molecule has 0 radical (unpaired) electrons. The van der Waals surface area contributed by atoms with Crippen LogP contribution >= 0.6 is 0 Å². The maximum absolute atomic E-state index is 12.6. The van der Waals surface area contributed by atoms with Crippen LogP contribution in [0.3, 0.4) is 0 Å². The van der Waals surface area contributed by atoms with Gasteiger partial charge in [0.1, 0.15) is 16.4 Å². The summed E-state index contributed by atoms with van der Waals surface area (Å²) in [6.45, 7) is 1.73. The lowest BCUT2D eigenvalue weighted by atomic mass is 10.1. The van der Waals surface area contributed by atoms with Gasteiger partial charge in [0.05, 0.1) is 19.7 Å². The van der Waals surface area contributed by atoms with Gasteiger partial charge in [-0.2, -0.15) is 0 Å². The Morgan fingerprint density at radius 1 is 1.22 bits per heavy atom. The zero-order chi connectivity index (χ0) is 16.8. The van der Waals surface area contributed by atoms with E-state index in [9.17, 15) is 13.2 Å². The molecule has 0 amide bonds. The molecule has 0 spiro atoms. The SMILES string of the molecule is COc1cc(S(=O)(=O)NC2CC2)c(OC)c2c(C)cc(=O)[nH]c12. The monoisotopic (exact) mass is 338 g/mol. The summed E-state index contributed by atoms with van der Waals surface area (Å²) in [5, 5.41) is 0.516. The molecule has 0 bridgehead atoms. The van der Waals surface area contributed by atoms with Gasteiger partial charge in [-0.3, -0.25) is 4.79 Å². The van der Waals surface area contributed by atoms with Crippen LogP contribution < -0.4 is 19.8 Å². The highest BCUT2D eigenvalue weighted by Crippen LogP contribution is 2.39. The number of aromatic nitrogens is 1. The quantitative estimate of drug-likeness (QED) is 0.856. The van der Waals surface area contributed by atoms with E-state index in [1.54, 1.807) is 6.92 Å². The third-order valence-electron chi connectivity index (χ3n) is 3.81. The molecular formula is C15H18N2O5S. The van der Waals surface area contributed by atoms with Crippen molar-refractivity contribution in [2.75, 3.05) is 14.2 Å². The minimum Gasteiger partial charge on any atom is -0.495 e. The van der Waals surface area contributed by atoms with E-state index in [0.29, 0.717) is 16.5 Å². The first-order valence-electron chi connectivity index (χ1n) is 7.18. The van der Waals surface area contributed by atoms with E-state index >= 15 is 0 Å². The highest BCUT2D eigenvalue weighted by atomic mass is 32.2. The molecule has 1 aromatic carbocycles. The van der Waals surface area contributed by atoms with Gasteiger partial charge in [-0.15, -0.1) is 0 Å². The van der Waals surface area contributed by atoms with Crippen molar-refractivity contribution in [1.82, 2.24) is 9.71 Å². The number of benzene rings is 1. The van der Waals surface area contributed by atoms with Crippen LogP contribution in [0.25, 0.3) is 10.9 Å². The van der Waals surface area contributed by atoms with Crippen LogP contribution in [0.5, 0.6) is 11.5 Å². The largest absolute Gasteiger partial charge is 0.495 e. The number of H-pyrrole nitrogens is 1. The zero-order valence-corrected chi connectivity index (χ0v) is 13.9. The van der Waals surface area contributed by atoms with Crippen molar-refractivity contribution in [3.05, 3.63) is 28.0 Å². The predicted molar refractivity (Wildman–Crippen MR) is 85.8 cm³/mol. The molecule has 1 saturated carbocycles. The number of nitrogens with one attached hydrogen (secondary N) is 2. The number of ether oxygens (including phenoxy) is 2. The van der Waals surface area contributed by atoms with Crippen LogP contribution in [-0.4, -0.2) is 33.7 Å². The van der Waals surface area contributed by atoms with E-state index in [4.69, 9.17) is 9.47 Å². The van der Waals surface area contributed by atoms with Crippen LogP contribution in [0.4, 0.5) is 0 Å². The van der Waals surface area contributed by atoms with Crippen LogP contribution in [0.15, 0.2) is 21.8 Å². The number of pyridine rings is 1. The Balaban J connectivity index is 2.36. The molecule has 1 aliphatic carbocycles. The Hall–Kier alpha value is -2.06. The molecule has 0 atom stereocenters. The molecule has 1 heterocycles. The van der Waals surface area contributed by atoms with Crippen molar-refractivity contribution in [3.8, 4) is 11.5 Å². The molecular weight excluding hydrogens is 320 g/mol. The second-order valence-electron chi connectivity index (χ2n) is 5.57. The highest BCUT2D eigenvalue weighted by Gasteiger charge is 2.31. The first kappa shape index (κ1) is 15.8. The van der Waals surface area contributed by atoms with E-state index < -0.39 is 10.0 Å². The molecule has 8 heteroatoms. The van der Waals surface area contributed by atoms with Gasteiger partial charge in [0.2, 0.25) is 15.6 Å². The molecule has 124 valence electrons. The topological polar surface area (TPSA) is 97.5 Å². The lowest BCUT2D eigenvalue weighted by Crippen LogP contribution is -2.26. The van der Waals surface area contributed by atoms with Gasteiger partial charge < -0.3 is 14.5 Å². The molecule has 7 nitrogen and oxygen atoms in total. The average molecular weight is 338 g/mol. The average Bonchev–Trinajstić information content (AvgIpc) is 3.28. The molecule has 1 aliphatic rings. The third-order valence-corrected chi connectivity index (χ3v) is 5.34. The van der Waals surface area contributed by atoms with Crippen molar-refractivity contribution in [2.45, 2.75) is 30.7 Å². The van der Waals surface area contributed by atoms with Crippen molar-refractivity contribution in [3.63, 3.8) is 0 Å². The first-order valence-corrected chi connectivity index (χ1v) is 8.66. The summed E-state index contributed by atoms with van der Waals surface area (Å²) >= 11 is 0. The van der Waals surface area contributed by atoms with E-state index in [1.807, 2.05) is 0 Å². The van der Waals surface area contributed by atoms with Crippen molar-refractivity contribution >= 4 is 20.9 Å². The Bertz CT molecular complexity index is 929. The number of aryl methyl sites for hydroxylation is 1. The van der Waals surface area contributed by atoms with E-state index in [-0.39, 0.29) is 28.0 Å². The fourth-order valence-corrected chi connectivity index (χ4v) is 4.09. The first-order chi connectivity index (χ1) is 10.9. The zero-order valence-electron chi connectivity index (χ0n) is 13.1. The van der Waals surface area contributed by atoms with Crippen molar-refractivity contribution in [2.24, 2.45) is 0 Å². The lowest BCUT2D eigenvalue weighted by Gasteiger charge is -2.16. The Kier molecular flexibility index (Phi) is 3.81. The Labute approximate surface area is 133 Å². The van der Waals surface area contributed by atoms with Crippen LogP contribution in [0, 0.1) is 6.92 Å². The Morgan fingerprint density at radius 2 is 1.91 bits per heavy atom. The molecule has 1 fully saturated rings. The predicted octanol–water partition coefficient (Wildman–Crippen LogP) is 1.29. The van der Waals surface area contributed by atoms with Gasteiger partial charge in [0.25, 0.3) is 0 Å². The summed E-state index contributed by atoms with van der Waals surface area (Å²) in [6.07, 6.45) is 1.66. The van der Waals surface area contributed by atoms with Crippen LogP contribution in [0.1, 0.15) is 18.4 Å². The molecule has 0 aliphatic heterocycles. The number of hydrogen-bond acceptors (Lipinski definition) is 5. The third kappa shape index (κ3) is 2.79. The molecule has 0 unspecified atom stereocenters. The molecule has 2 aromatic rings. The van der Waals surface area contributed by atoms with Gasteiger partial charge >= 0.3 is 0 Å². The van der Waals surface area contributed by atoms with E-state index in [0.717, 1.165) is 12.8 Å². The normalized spacial score (nSPS) is 14.9. The minimum absolute atomic E-state index is 0.00592. The molecule has 2 N–H and O–H groups in total. The van der Waals surface area contributed by atoms with Crippen LogP contribution in [-0.2, 0) is 10.0 Å². The number of rotatable bonds is 5. The number of fused-ring (bicyclic) bond motifs is 1. The van der Waals surface area contributed by atoms with E-state index in [1.165, 1.54) is 26.4 Å². The van der Waals surface area contributed by atoms with Gasteiger partial charge in [-0.25, -0.2) is 13.1 Å². The second kappa shape index (κ2) is 5.54. The molecule has 3 rings (SSSR count). The van der Waals surface area contributed by atoms with Gasteiger partial charge in [0.15, 0.2) is 0 Å². The van der Waals surface area contributed by atoms with Gasteiger partial charge in [0, 0.05) is 23.6 Å². The molecule has 1 aromatic heterocycles. The number of methoxy groups -OCH3 is 2. The second-order valence-corrected chi connectivity index (χ2v) is 7.25. The summed E-state index contributed by atoms with van der Waals surface area (Å²) in [6, 6.07) is 2.75. The highest BCUT2D eigenvalue weighted by molar-refractivity contribution is 7.89. The maximum Gasteiger partial charge on any atom is 0.248 e. The lowest BCUT2D eigenvalue weighted by molar-refractivity contribution is 0.398. The van der Waals surface area contributed by atoms with Crippen molar-refractivity contribution in [1.29, 1.82) is 0 Å². The van der Waals surface area contributed by atoms with Crippen LogP contribution in [0.2, 0.25) is 0 Å². The van der Waals surface area contributed by atoms with Gasteiger partial charge in [-0.05, 0) is 25.3 Å². The van der Waals surface area contributed by atoms with E-state index in [2.05, 4.69) is 9.71 Å². The number of hydrogen-bond donors (Lipinski definition) is 2. The summed E-state index contributed by atoms with van der Waals surface area (Å²) in [5.74, 6) is 0.473. The minimum atomic E-state index is -3.74. The molecule has 23 heavy (non-hydrogen) atoms. The number of sulfonamides is 1. The molecule has 0 saturated heterocycles. The fourth-order valence-electron chi connectivity index (χ4n) is 2.59. The standard InChI is InChI=1S/C15H18N2O5S/c1-8-6-12(18)16-14-10(21-2)7-11(15(22-3)13(8)14)23(19,20)17-9-4-5-9/h6-7,9,17H,4-5H2,1-3H3,(H,16,18).